The van der Waals surface area contributed by atoms with Crippen molar-refractivity contribution in [2.75, 3.05) is 34.3 Å². The molecule has 1 heterocycles. The number of benzene rings is 2. The number of hydrogen-bond acceptors (Lipinski definition) is 6. The maximum atomic E-state index is 12.3. The molecule has 1 aliphatic rings. The number of amides is 2. The number of carbonyl (C=O) groups excluding carboxylic acids is 3. The topological polar surface area (TPSA) is 122 Å². The Morgan fingerprint density at radius 2 is 1.67 bits per heavy atom. The molecular formula is C20H21N3O6S. The third kappa shape index (κ3) is 4.60. The molecule has 2 aromatic carbocycles. The van der Waals surface area contributed by atoms with E-state index in [1.807, 2.05) is 0 Å². The molecule has 0 aliphatic carbocycles. The quantitative estimate of drug-likeness (QED) is 0.563. The Labute approximate surface area is 174 Å². The highest BCUT2D eigenvalue weighted by atomic mass is 32.2. The van der Waals surface area contributed by atoms with Crippen LogP contribution < -0.4 is 14.9 Å². The molecule has 1 saturated heterocycles. The first-order valence-corrected chi connectivity index (χ1v) is 10.7. The van der Waals surface area contributed by atoms with Gasteiger partial charge in [0, 0.05) is 17.9 Å². The van der Waals surface area contributed by atoms with Gasteiger partial charge in [0.05, 0.1) is 24.1 Å². The van der Waals surface area contributed by atoms with Crippen molar-refractivity contribution in [1.29, 1.82) is 0 Å². The van der Waals surface area contributed by atoms with E-state index in [1.54, 1.807) is 19.1 Å². The lowest BCUT2D eigenvalue weighted by atomic mass is 10.1. The van der Waals surface area contributed by atoms with E-state index >= 15 is 0 Å². The Morgan fingerprint density at radius 3 is 2.27 bits per heavy atom. The third-order valence-corrected chi connectivity index (χ3v) is 6.50. The number of nitrogens with one attached hydrogen (secondary N) is 2. The maximum Gasteiger partial charge on any atom is 0.337 e. The van der Waals surface area contributed by atoms with Gasteiger partial charge in [-0.25, -0.2) is 13.2 Å². The van der Waals surface area contributed by atoms with Crippen LogP contribution in [0, 0.1) is 6.92 Å². The summed E-state index contributed by atoms with van der Waals surface area (Å²) in [7, 11) is -2.10. The number of esters is 1. The monoisotopic (exact) mass is 431 g/mol. The summed E-state index contributed by atoms with van der Waals surface area (Å²) in [5.74, 6) is -2.24. The van der Waals surface area contributed by atoms with E-state index in [2.05, 4.69) is 15.4 Å². The number of nitrogens with zero attached hydrogens (tertiary/aromatic N) is 1. The fourth-order valence-corrected chi connectivity index (χ4v) is 4.56. The Balaban J connectivity index is 1.70. The highest BCUT2D eigenvalue weighted by Gasteiger charge is 2.29. The Hall–Kier alpha value is -3.40. The molecule has 0 saturated carbocycles. The second-order valence-corrected chi connectivity index (χ2v) is 8.73. The summed E-state index contributed by atoms with van der Waals surface area (Å²) in [6, 6.07) is 10.8. The Kier molecular flexibility index (Phi) is 6.06. The van der Waals surface area contributed by atoms with Crippen LogP contribution in [0.15, 0.2) is 42.5 Å². The summed E-state index contributed by atoms with van der Waals surface area (Å²) in [4.78, 5) is 36.0. The molecule has 158 valence electrons. The van der Waals surface area contributed by atoms with Crippen LogP contribution in [0.25, 0.3) is 0 Å². The molecule has 3 rings (SSSR count). The summed E-state index contributed by atoms with van der Waals surface area (Å²) in [6.07, 6.45) is 0.537. The van der Waals surface area contributed by atoms with Crippen molar-refractivity contribution >= 4 is 44.9 Å². The third-order valence-electron chi connectivity index (χ3n) is 4.63. The second-order valence-electron chi connectivity index (χ2n) is 6.72. The van der Waals surface area contributed by atoms with E-state index in [0.29, 0.717) is 41.2 Å². The normalized spacial score (nSPS) is 14.8. The fourth-order valence-electron chi connectivity index (χ4n) is 3.00. The molecule has 9 nitrogen and oxygen atoms in total. The highest BCUT2D eigenvalue weighted by molar-refractivity contribution is 7.93. The molecule has 2 aromatic rings. The zero-order valence-corrected chi connectivity index (χ0v) is 17.3. The van der Waals surface area contributed by atoms with Crippen LogP contribution in [0.4, 0.5) is 17.1 Å². The molecular weight excluding hydrogens is 410 g/mol. The van der Waals surface area contributed by atoms with Gasteiger partial charge in [0.25, 0.3) is 0 Å². The number of hydrogen-bond donors (Lipinski definition) is 2. The SMILES string of the molecule is COC(=O)c1ccc(NC(=O)C(=O)Nc2cc(N3CCCS3(=O)=O)ccc2C)cc1. The first-order chi connectivity index (χ1) is 14.2. The molecule has 0 aromatic heterocycles. The van der Waals surface area contributed by atoms with E-state index in [0.717, 1.165) is 0 Å². The number of ether oxygens (including phenoxy) is 1. The molecule has 0 spiro atoms. The van der Waals surface area contributed by atoms with E-state index in [-0.39, 0.29) is 5.75 Å². The number of rotatable bonds is 4. The average molecular weight is 431 g/mol. The lowest BCUT2D eigenvalue weighted by Crippen LogP contribution is -2.29. The molecule has 0 atom stereocenters. The van der Waals surface area contributed by atoms with Crippen molar-refractivity contribution in [3.05, 3.63) is 53.6 Å². The van der Waals surface area contributed by atoms with Crippen LogP contribution in [0.2, 0.25) is 0 Å². The molecule has 10 heteroatoms. The summed E-state index contributed by atoms with van der Waals surface area (Å²) in [6.45, 7) is 2.11. The second kappa shape index (κ2) is 8.54. The zero-order chi connectivity index (χ0) is 21.9. The van der Waals surface area contributed by atoms with Crippen molar-refractivity contribution in [3.8, 4) is 0 Å². The number of carbonyl (C=O) groups is 3. The van der Waals surface area contributed by atoms with Gasteiger partial charge in [0.15, 0.2) is 0 Å². The first-order valence-electron chi connectivity index (χ1n) is 9.13. The summed E-state index contributed by atoms with van der Waals surface area (Å²) in [5, 5.41) is 4.95. The lowest BCUT2D eigenvalue weighted by Gasteiger charge is -2.19. The molecule has 30 heavy (non-hydrogen) atoms. The van der Waals surface area contributed by atoms with Crippen molar-refractivity contribution in [1.82, 2.24) is 0 Å². The van der Waals surface area contributed by atoms with Gasteiger partial charge >= 0.3 is 17.8 Å². The molecule has 0 radical (unpaired) electrons. The minimum Gasteiger partial charge on any atom is -0.465 e. The lowest BCUT2D eigenvalue weighted by molar-refractivity contribution is -0.133. The number of sulfonamides is 1. The molecule has 2 amide bonds. The summed E-state index contributed by atoms with van der Waals surface area (Å²) >= 11 is 0. The minimum atomic E-state index is -3.36. The maximum absolute atomic E-state index is 12.3. The van der Waals surface area contributed by atoms with Crippen LogP contribution in [0.5, 0.6) is 0 Å². The van der Waals surface area contributed by atoms with Crippen LogP contribution in [-0.2, 0) is 24.3 Å². The van der Waals surface area contributed by atoms with Gasteiger partial charge in [0.1, 0.15) is 0 Å². The molecule has 2 N–H and O–H groups in total. The molecule has 0 unspecified atom stereocenters. The van der Waals surface area contributed by atoms with E-state index < -0.39 is 27.8 Å². The van der Waals surface area contributed by atoms with Crippen molar-refractivity contribution in [3.63, 3.8) is 0 Å². The van der Waals surface area contributed by atoms with E-state index in [1.165, 1.54) is 41.7 Å². The summed E-state index contributed by atoms with van der Waals surface area (Å²) < 4.78 is 30.1. The van der Waals surface area contributed by atoms with Crippen molar-refractivity contribution in [2.45, 2.75) is 13.3 Å². The van der Waals surface area contributed by atoms with E-state index in [9.17, 15) is 22.8 Å². The number of methoxy groups -OCH3 is 1. The van der Waals surface area contributed by atoms with Crippen molar-refractivity contribution in [2.24, 2.45) is 0 Å². The zero-order valence-electron chi connectivity index (χ0n) is 16.5. The summed E-state index contributed by atoms with van der Waals surface area (Å²) in [5.41, 5.74) is 2.10. The molecule has 1 aliphatic heterocycles. The average Bonchev–Trinajstić information content (AvgIpc) is 3.08. The van der Waals surface area contributed by atoms with E-state index in [4.69, 9.17) is 0 Å². The number of aryl methyl sites for hydroxylation is 1. The minimum absolute atomic E-state index is 0.0831. The van der Waals surface area contributed by atoms with Gasteiger partial charge in [-0.05, 0) is 55.3 Å². The van der Waals surface area contributed by atoms with Gasteiger partial charge in [-0.15, -0.1) is 0 Å². The molecule has 0 bridgehead atoms. The van der Waals surface area contributed by atoms with Crippen LogP contribution in [0.3, 0.4) is 0 Å². The predicted octanol–water partition coefficient (Wildman–Crippen LogP) is 1.90. The number of anilines is 3. The molecule has 1 fully saturated rings. The highest BCUT2D eigenvalue weighted by Crippen LogP contribution is 2.28. The van der Waals surface area contributed by atoms with Crippen LogP contribution in [0.1, 0.15) is 22.3 Å². The Bertz CT molecular complexity index is 1100. The smallest absolute Gasteiger partial charge is 0.337 e. The van der Waals surface area contributed by atoms with Crippen LogP contribution >= 0.6 is 0 Å². The van der Waals surface area contributed by atoms with Gasteiger partial charge in [0.2, 0.25) is 10.0 Å². The fraction of sp³-hybridized carbons (Fsp3) is 0.250. The van der Waals surface area contributed by atoms with Gasteiger partial charge in [-0.3, -0.25) is 13.9 Å². The standard InChI is InChI=1S/C20H21N3O6S/c1-13-4-9-16(23-10-3-11-30(23,27)28)12-17(13)22-19(25)18(24)21-15-7-5-14(6-8-15)20(26)29-2/h4-9,12H,3,10-11H2,1-2H3,(H,21,24)(H,22,25). The van der Waals surface area contributed by atoms with Gasteiger partial charge in [-0.2, -0.15) is 0 Å². The Morgan fingerprint density at radius 1 is 1.00 bits per heavy atom. The van der Waals surface area contributed by atoms with Gasteiger partial charge < -0.3 is 15.4 Å². The van der Waals surface area contributed by atoms with Crippen LogP contribution in [-0.4, -0.2) is 45.6 Å². The first kappa shape index (κ1) is 21.3. The largest absolute Gasteiger partial charge is 0.465 e. The van der Waals surface area contributed by atoms with Crippen molar-refractivity contribution < 1.29 is 27.5 Å². The predicted molar refractivity (Wildman–Crippen MR) is 112 cm³/mol. The van der Waals surface area contributed by atoms with Gasteiger partial charge in [-0.1, -0.05) is 6.07 Å².